The van der Waals surface area contributed by atoms with Gasteiger partial charge < -0.3 is 25.6 Å². The molecule has 210 valence electrons. The summed E-state index contributed by atoms with van der Waals surface area (Å²) in [7, 11) is 0. The first kappa shape index (κ1) is 27.4. The van der Waals surface area contributed by atoms with Crippen molar-refractivity contribution < 1.29 is 19.1 Å². The highest BCUT2D eigenvalue weighted by Gasteiger charge is 2.69. The molecule has 5 rings (SSSR count). The highest BCUT2D eigenvalue weighted by molar-refractivity contribution is 5.98. The fraction of sp³-hybridized carbons (Fsp3) is 0.517. The molecule has 3 heterocycles. The minimum Gasteiger partial charge on any atom is -0.478 e. The lowest BCUT2D eigenvalue weighted by atomic mass is 9.85. The van der Waals surface area contributed by atoms with Crippen molar-refractivity contribution >= 4 is 29.1 Å². The van der Waals surface area contributed by atoms with Crippen LogP contribution < -0.4 is 20.7 Å². The van der Waals surface area contributed by atoms with Crippen molar-refractivity contribution in [2.24, 2.45) is 22.7 Å². The van der Waals surface area contributed by atoms with Gasteiger partial charge in [-0.2, -0.15) is 5.26 Å². The van der Waals surface area contributed by atoms with Crippen LogP contribution in [0.2, 0.25) is 0 Å². The second-order valence-corrected chi connectivity index (χ2v) is 12.5. The molecular weight excluding hydrogens is 510 g/mol. The van der Waals surface area contributed by atoms with Crippen LogP contribution in [0.3, 0.4) is 0 Å². The Balaban J connectivity index is 1.33. The van der Waals surface area contributed by atoms with Crippen molar-refractivity contribution in [2.45, 2.75) is 65.3 Å². The van der Waals surface area contributed by atoms with Crippen LogP contribution >= 0.6 is 0 Å². The molecule has 2 fully saturated rings. The number of amides is 3. The maximum atomic E-state index is 14.0. The lowest BCUT2D eigenvalue weighted by Crippen LogP contribution is -2.57. The van der Waals surface area contributed by atoms with Crippen molar-refractivity contribution in [3.8, 4) is 11.8 Å². The van der Waals surface area contributed by atoms with Crippen LogP contribution in [-0.4, -0.2) is 63.4 Å². The van der Waals surface area contributed by atoms with Crippen LogP contribution in [0.4, 0.5) is 11.4 Å². The van der Waals surface area contributed by atoms with E-state index in [2.05, 4.69) is 45.8 Å². The maximum Gasteiger partial charge on any atom is 0.265 e. The maximum absolute atomic E-state index is 14.0. The van der Waals surface area contributed by atoms with E-state index in [9.17, 15) is 19.6 Å². The van der Waals surface area contributed by atoms with E-state index in [4.69, 9.17) is 4.74 Å². The minimum atomic E-state index is -0.982. The summed E-state index contributed by atoms with van der Waals surface area (Å²) in [5.41, 5.74) is 0.591. The van der Waals surface area contributed by atoms with E-state index in [1.807, 2.05) is 20.8 Å². The molecule has 1 saturated heterocycles. The summed E-state index contributed by atoms with van der Waals surface area (Å²) < 4.78 is 5.83. The van der Waals surface area contributed by atoms with Gasteiger partial charge in [-0.05, 0) is 34.8 Å². The third-order valence-corrected chi connectivity index (χ3v) is 8.37. The number of anilines is 2. The molecule has 1 aliphatic carbocycles. The number of carbonyl (C=O) groups excluding carboxylic acids is 3. The molecule has 0 bridgehead atoms. The number of hydrogen-bond acceptors (Lipinski definition) is 8. The lowest BCUT2D eigenvalue weighted by molar-refractivity contribution is -0.142. The fourth-order valence-electron chi connectivity index (χ4n) is 6.03. The first-order valence-corrected chi connectivity index (χ1v) is 13.5. The summed E-state index contributed by atoms with van der Waals surface area (Å²) in [5.74, 6) is -0.312. The predicted molar refractivity (Wildman–Crippen MR) is 147 cm³/mol. The number of para-hydroxylation sites is 2. The normalized spacial score (nSPS) is 25.7. The van der Waals surface area contributed by atoms with Crippen LogP contribution in [0.15, 0.2) is 43.0 Å². The first-order chi connectivity index (χ1) is 18.9. The third-order valence-electron chi connectivity index (χ3n) is 8.37. The zero-order valence-electron chi connectivity index (χ0n) is 23.3. The third kappa shape index (κ3) is 5.06. The van der Waals surface area contributed by atoms with Gasteiger partial charge in [0, 0.05) is 13.0 Å². The molecule has 3 amide bonds. The SMILES string of the molecule is CC(C)(C)[C@H](Nc1cncnc1)C(=O)N1C[C@H]2[C@@H]([C@H]1C(=O)N[C@H](C#N)C[C@@H]1Oc3ccccc3NC1=O)C2(C)C. The molecule has 2 aromatic rings. The zero-order chi connectivity index (χ0) is 28.8. The first-order valence-electron chi connectivity index (χ1n) is 13.5. The number of hydrogen-bond donors (Lipinski definition) is 3. The van der Waals surface area contributed by atoms with Gasteiger partial charge in [0.15, 0.2) is 6.10 Å². The summed E-state index contributed by atoms with van der Waals surface area (Å²) in [5, 5.41) is 18.8. The lowest BCUT2D eigenvalue weighted by Gasteiger charge is -2.38. The van der Waals surface area contributed by atoms with E-state index in [1.165, 1.54) is 6.33 Å². The highest BCUT2D eigenvalue weighted by Crippen LogP contribution is 2.65. The highest BCUT2D eigenvalue weighted by atomic mass is 16.5. The fourth-order valence-corrected chi connectivity index (χ4v) is 6.03. The molecule has 6 atom stereocenters. The summed E-state index contributed by atoms with van der Waals surface area (Å²) >= 11 is 0. The standard InChI is InChI=1S/C29H35N7O4/c1-28(2,3)24(33-17-12-31-15-32-13-17)27(39)36-14-18-22(29(18,4)5)23(36)26(38)34-16(11-30)10-21-25(37)35-19-8-6-7-9-20(19)40-21/h6-9,12-13,15-16,18,21-24,33H,10,14H2,1-5H3,(H,34,38)(H,35,37)/t16-,18-,21-,22-,23-,24+/m0/s1. The Labute approximate surface area is 233 Å². The predicted octanol–water partition coefficient (Wildman–Crippen LogP) is 2.58. The molecule has 1 aromatic carbocycles. The van der Waals surface area contributed by atoms with Crippen molar-refractivity contribution in [3.63, 3.8) is 0 Å². The van der Waals surface area contributed by atoms with Gasteiger partial charge in [-0.3, -0.25) is 14.4 Å². The Morgan fingerprint density at radius 3 is 2.62 bits per heavy atom. The number of aromatic nitrogens is 2. The van der Waals surface area contributed by atoms with Gasteiger partial charge in [-0.25, -0.2) is 9.97 Å². The van der Waals surface area contributed by atoms with Gasteiger partial charge in [0.1, 0.15) is 30.2 Å². The molecule has 11 heteroatoms. The van der Waals surface area contributed by atoms with Gasteiger partial charge in [0.25, 0.3) is 5.91 Å². The second-order valence-electron chi connectivity index (χ2n) is 12.5. The van der Waals surface area contributed by atoms with Crippen molar-refractivity contribution in [3.05, 3.63) is 43.0 Å². The summed E-state index contributed by atoms with van der Waals surface area (Å²) in [6.07, 6.45) is 3.66. The number of rotatable bonds is 7. The van der Waals surface area contributed by atoms with E-state index in [1.54, 1.807) is 41.6 Å². The van der Waals surface area contributed by atoms with Crippen LogP contribution in [-0.2, 0) is 14.4 Å². The topological polar surface area (TPSA) is 149 Å². The molecule has 11 nitrogen and oxygen atoms in total. The van der Waals surface area contributed by atoms with E-state index in [0.717, 1.165) is 0 Å². The quantitative estimate of drug-likeness (QED) is 0.481. The largest absolute Gasteiger partial charge is 0.478 e. The molecule has 0 spiro atoms. The number of fused-ring (bicyclic) bond motifs is 2. The number of benzene rings is 1. The van der Waals surface area contributed by atoms with Crippen molar-refractivity contribution in [1.82, 2.24) is 20.2 Å². The van der Waals surface area contributed by atoms with E-state index in [0.29, 0.717) is 23.7 Å². The molecule has 0 unspecified atom stereocenters. The van der Waals surface area contributed by atoms with Crippen LogP contribution in [0, 0.1) is 34.0 Å². The minimum absolute atomic E-state index is 0.0270. The Kier molecular flexibility index (Phi) is 6.90. The number of piperidine rings is 1. The molecule has 0 radical (unpaired) electrons. The second kappa shape index (κ2) is 10.1. The number of carbonyl (C=O) groups is 3. The number of ether oxygens (including phenoxy) is 1. The van der Waals surface area contributed by atoms with Gasteiger partial charge in [-0.15, -0.1) is 0 Å². The molecule has 40 heavy (non-hydrogen) atoms. The average molecular weight is 546 g/mol. The number of nitrogens with zero attached hydrogens (tertiary/aromatic N) is 4. The van der Waals surface area contributed by atoms with Gasteiger partial charge in [0.05, 0.1) is 29.8 Å². The van der Waals surface area contributed by atoms with E-state index < -0.39 is 35.6 Å². The van der Waals surface area contributed by atoms with Crippen LogP contribution in [0.5, 0.6) is 5.75 Å². The molecule has 3 aliphatic rings. The van der Waals surface area contributed by atoms with Gasteiger partial charge in [-0.1, -0.05) is 46.8 Å². The Hall–Kier alpha value is -4.20. The summed E-state index contributed by atoms with van der Waals surface area (Å²) in [6, 6.07) is 6.80. The van der Waals surface area contributed by atoms with Crippen LogP contribution in [0.25, 0.3) is 0 Å². The Bertz CT molecular complexity index is 1350. The van der Waals surface area contributed by atoms with E-state index in [-0.39, 0.29) is 35.5 Å². The van der Waals surface area contributed by atoms with Crippen molar-refractivity contribution in [1.29, 1.82) is 5.26 Å². The molecule has 1 saturated carbocycles. The molecule has 2 aliphatic heterocycles. The zero-order valence-corrected chi connectivity index (χ0v) is 23.3. The molecule has 3 N–H and O–H groups in total. The average Bonchev–Trinajstić information content (AvgIpc) is 3.23. The van der Waals surface area contributed by atoms with Crippen LogP contribution in [0.1, 0.15) is 41.0 Å². The number of likely N-dealkylation sites (tertiary alicyclic amines) is 1. The smallest absolute Gasteiger partial charge is 0.265 e. The number of nitriles is 1. The molecule has 1 aromatic heterocycles. The molecular formula is C29H35N7O4. The summed E-state index contributed by atoms with van der Waals surface area (Å²) in [4.78, 5) is 50.1. The Morgan fingerprint density at radius 1 is 1.25 bits per heavy atom. The van der Waals surface area contributed by atoms with Gasteiger partial charge >= 0.3 is 0 Å². The number of nitrogens with one attached hydrogen (secondary N) is 3. The van der Waals surface area contributed by atoms with Crippen molar-refractivity contribution in [2.75, 3.05) is 17.2 Å². The summed E-state index contributed by atoms with van der Waals surface area (Å²) in [6.45, 7) is 10.5. The monoisotopic (exact) mass is 545 g/mol. The van der Waals surface area contributed by atoms with Gasteiger partial charge in [0.2, 0.25) is 11.8 Å². The van der Waals surface area contributed by atoms with E-state index >= 15 is 0 Å². The Morgan fingerprint density at radius 2 is 1.95 bits per heavy atom.